The number of aromatic carboxylic acids is 1. The molecule has 1 atom stereocenters. The smallest absolute Gasteiger partial charge is 0.416 e. The van der Waals surface area contributed by atoms with Gasteiger partial charge in [0.15, 0.2) is 0 Å². The van der Waals surface area contributed by atoms with Crippen molar-refractivity contribution in [2.24, 2.45) is 0 Å². The molecule has 152 valence electrons. The number of aryl methyl sites for hydroxylation is 1. The molecule has 29 heavy (non-hydrogen) atoms. The van der Waals surface area contributed by atoms with Gasteiger partial charge in [-0.2, -0.15) is 13.2 Å². The van der Waals surface area contributed by atoms with Crippen LogP contribution >= 0.6 is 0 Å². The van der Waals surface area contributed by atoms with Gasteiger partial charge in [0.2, 0.25) is 0 Å². The maximum Gasteiger partial charge on any atom is 0.416 e. The second-order valence-corrected chi connectivity index (χ2v) is 6.74. The number of hydrogen-bond donors (Lipinski definition) is 2. The summed E-state index contributed by atoms with van der Waals surface area (Å²) in [5.74, 6) is -0.866. The van der Waals surface area contributed by atoms with Crippen molar-refractivity contribution in [2.45, 2.75) is 26.1 Å². The summed E-state index contributed by atoms with van der Waals surface area (Å²) in [4.78, 5) is 31.3. The van der Waals surface area contributed by atoms with Crippen LogP contribution in [0.3, 0.4) is 0 Å². The molecule has 9 heteroatoms. The molecule has 0 saturated carbocycles. The van der Waals surface area contributed by atoms with Crippen molar-refractivity contribution in [3.05, 3.63) is 69.3 Å². The number of fused-ring (bicyclic) bond motifs is 1. The Balaban J connectivity index is 2.13. The summed E-state index contributed by atoms with van der Waals surface area (Å²) >= 11 is 0. The standard InChI is InChI=1S/C20H18F3N3O3/c1-10(26(3)13-6-4-12(5-7-13)19(28)29)14-8-15-17(9-16(14)20(21,22)23)24-11(2)25-18(15)27/h4-10H,1-3H3,(H,28,29)(H,24,25,27)/t10-/m0/s1. The first-order valence-electron chi connectivity index (χ1n) is 8.67. The summed E-state index contributed by atoms with van der Waals surface area (Å²) in [6, 6.07) is 7.15. The van der Waals surface area contributed by atoms with Crippen LogP contribution < -0.4 is 10.5 Å². The summed E-state index contributed by atoms with van der Waals surface area (Å²) < 4.78 is 41.2. The number of carboxylic acid groups (broad SMARTS) is 1. The molecule has 3 aromatic rings. The number of aromatic amines is 1. The Bertz CT molecular complexity index is 1140. The molecule has 0 aliphatic carbocycles. The van der Waals surface area contributed by atoms with E-state index in [-0.39, 0.29) is 27.9 Å². The fraction of sp³-hybridized carbons (Fsp3) is 0.250. The maximum absolute atomic E-state index is 13.7. The van der Waals surface area contributed by atoms with Crippen molar-refractivity contribution in [1.82, 2.24) is 9.97 Å². The fourth-order valence-corrected chi connectivity index (χ4v) is 3.18. The molecular weight excluding hydrogens is 387 g/mol. The Morgan fingerprint density at radius 3 is 2.38 bits per heavy atom. The van der Waals surface area contributed by atoms with Crippen LogP contribution in [0, 0.1) is 6.92 Å². The molecule has 1 heterocycles. The Labute approximate surface area is 163 Å². The lowest BCUT2D eigenvalue weighted by Crippen LogP contribution is -2.25. The highest BCUT2D eigenvalue weighted by atomic mass is 19.4. The van der Waals surface area contributed by atoms with Crippen LogP contribution in [0.5, 0.6) is 0 Å². The first kappa shape index (κ1) is 20.4. The van der Waals surface area contributed by atoms with E-state index in [0.29, 0.717) is 5.69 Å². The quantitative estimate of drug-likeness (QED) is 0.681. The first-order valence-corrected chi connectivity index (χ1v) is 8.67. The summed E-state index contributed by atoms with van der Waals surface area (Å²) in [5.41, 5.74) is -0.878. The largest absolute Gasteiger partial charge is 0.478 e. The zero-order valence-corrected chi connectivity index (χ0v) is 15.8. The van der Waals surface area contributed by atoms with Gasteiger partial charge < -0.3 is 15.0 Å². The number of alkyl halides is 3. The number of halogens is 3. The Morgan fingerprint density at radius 1 is 1.21 bits per heavy atom. The van der Waals surface area contributed by atoms with Crippen molar-refractivity contribution >= 4 is 22.6 Å². The van der Waals surface area contributed by atoms with Gasteiger partial charge in [-0.1, -0.05) is 0 Å². The number of carboxylic acids is 1. The second-order valence-electron chi connectivity index (χ2n) is 6.74. The third kappa shape index (κ3) is 3.94. The number of nitrogens with zero attached hydrogens (tertiary/aromatic N) is 2. The van der Waals surface area contributed by atoms with Crippen LogP contribution in [0.2, 0.25) is 0 Å². The van der Waals surface area contributed by atoms with Crippen molar-refractivity contribution in [2.75, 3.05) is 11.9 Å². The van der Waals surface area contributed by atoms with E-state index in [2.05, 4.69) is 9.97 Å². The summed E-state index contributed by atoms with van der Waals surface area (Å²) in [6.07, 6.45) is -4.63. The van der Waals surface area contributed by atoms with E-state index < -0.39 is 29.3 Å². The molecule has 0 aliphatic rings. The number of carbonyl (C=O) groups is 1. The minimum Gasteiger partial charge on any atom is -0.478 e. The van der Waals surface area contributed by atoms with Gasteiger partial charge in [0, 0.05) is 12.7 Å². The van der Waals surface area contributed by atoms with Crippen molar-refractivity contribution < 1.29 is 23.1 Å². The summed E-state index contributed by atoms with van der Waals surface area (Å²) in [7, 11) is 1.60. The van der Waals surface area contributed by atoms with Crippen LogP contribution in [-0.4, -0.2) is 28.1 Å². The second kappa shape index (κ2) is 7.23. The van der Waals surface area contributed by atoms with Crippen LogP contribution in [0.1, 0.15) is 40.3 Å². The van der Waals surface area contributed by atoms with Gasteiger partial charge in [0.25, 0.3) is 5.56 Å². The minimum absolute atomic E-state index is 0.0250. The highest BCUT2D eigenvalue weighted by Crippen LogP contribution is 2.38. The summed E-state index contributed by atoms with van der Waals surface area (Å²) in [6.45, 7) is 3.08. The number of H-pyrrole nitrogens is 1. The molecule has 6 nitrogen and oxygen atoms in total. The molecule has 0 aliphatic heterocycles. The van der Waals surface area contributed by atoms with E-state index in [4.69, 9.17) is 5.11 Å². The van der Waals surface area contributed by atoms with E-state index in [1.807, 2.05) is 0 Å². The molecule has 3 rings (SSSR count). The van der Waals surface area contributed by atoms with Gasteiger partial charge in [-0.15, -0.1) is 0 Å². The molecule has 2 aromatic carbocycles. The predicted octanol–water partition coefficient (Wildman–Crippen LogP) is 4.15. The van der Waals surface area contributed by atoms with E-state index in [0.717, 1.165) is 6.07 Å². The van der Waals surface area contributed by atoms with E-state index >= 15 is 0 Å². The fourth-order valence-electron chi connectivity index (χ4n) is 3.18. The topological polar surface area (TPSA) is 86.3 Å². The molecule has 1 aromatic heterocycles. The Kier molecular flexibility index (Phi) is 5.08. The molecule has 0 unspecified atom stereocenters. The normalized spacial score (nSPS) is 12.8. The number of nitrogens with one attached hydrogen (secondary N) is 1. The molecule has 0 saturated heterocycles. The van der Waals surface area contributed by atoms with E-state index in [1.54, 1.807) is 18.9 Å². The molecule has 0 amide bonds. The number of benzene rings is 2. The van der Waals surface area contributed by atoms with Gasteiger partial charge in [-0.05, 0) is 55.8 Å². The first-order chi connectivity index (χ1) is 13.5. The van der Waals surface area contributed by atoms with Gasteiger partial charge in [0.05, 0.1) is 28.1 Å². The van der Waals surface area contributed by atoms with E-state index in [1.165, 1.54) is 37.3 Å². The SMILES string of the molecule is Cc1nc2cc(C(F)(F)F)c([C@H](C)N(C)c3ccc(C(=O)O)cc3)cc2c(=O)[nH]1. The lowest BCUT2D eigenvalue weighted by Gasteiger charge is -2.29. The van der Waals surface area contributed by atoms with Gasteiger partial charge in [-0.25, -0.2) is 9.78 Å². The van der Waals surface area contributed by atoms with Crippen LogP contribution in [0.15, 0.2) is 41.2 Å². The van der Waals surface area contributed by atoms with Crippen LogP contribution in [0.25, 0.3) is 10.9 Å². The lowest BCUT2D eigenvalue weighted by molar-refractivity contribution is -0.138. The highest BCUT2D eigenvalue weighted by Gasteiger charge is 2.36. The number of hydrogen-bond acceptors (Lipinski definition) is 4. The molecule has 0 radical (unpaired) electrons. The summed E-state index contributed by atoms with van der Waals surface area (Å²) in [5, 5.41) is 9.07. The van der Waals surface area contributed by atoms with Gasteiger partial charge in [-0.3, -0.25) is 4.79 Å². The average molecular weight is 405 g/mol. The third-order valence-corrected chi connectivity index (χ3v) is 4.85. The minimum atomic E-state index is -4.63. The van der Waals surface area contributed by atoms with Crippen molar-refractivity contribution in [1.29, 1.82) is 0 Å². The lowest BCUT2D eigenvalue weighted by atomic mass is 9.97. The Hall–Kier alpha value is -3.36. The highest BCUT2D eigenvalue weighted by molar-refractivity contribution is 5.88. The molecule has 2 N–H and O–H groups in total. The zero-order chi connectivity index (χ0) is 21.5. The molecule has 0 bridgehead atoms. The number of rotatable bonds is 4. The molecule has 0 spiro atoms. The molecule has 0 fully saturated rings. The van der Waals surface area contributed by atoms with Gasteiger partial charge in [0.1, 0.15) is 5.82 Å². The van der Waals surface area contributed by atoms with Crippen LogP contribution in [-0.2, 0) is 6.18 Å². The van der Waals surface area contributed by atoms with Crippen LogP contribution in [0.4, 0.5) is 18.9 Å². The third-order valence-electron chi connectivity index (χ3n) is 4.85. The molecular formula is C20H18F3N3O3. The zero-order valence-electron chi connectivity index (χ0n) is 15.8. The predicted molar refractivity (Wildman–Crippen MR) is 102 cm³/mol. The number of anilines is 1. The van der Waals surface area contributed by atoms with Crippen molar-refractivity contribution in [3.8, 4) is 0 Å². The van der Waals surface area contributed by atoms with E-state index in [9.17, 15) is 22.8 Å². The number of aromatic nitrogens is 2. The monoisotopic (exact) mass is 405 g/mol. The van der Waals surface area contributed by atoms with Crippen molar-refractivity contribution in [3.63, 3.8) is 0 Å². The maximum atomic E-state index is 13.7. The average Bonchev–Trinajstić information content (AvgIpc) is 2.65. The van der Waals surface area contributed by atoms with Gasteiger partial charge >= 0.3 is 12.1 Å². The Morgan fingerprint density at radius 2 is 1.83 bits per heavy atom.